The molecule has 0 amide bonds. The maximum absolute atomic E-state index is 11.8. The predicted molar refractivity (Wildman–Crippen MR) is 83.8 cm³/mol. The van der Waals surface area contributed by atoms with Gasteiger partial charge < -0.3 is 4.74 Å². The molecule has 1 aromatic heterocycles. The molecule has 1 aromatic carbocycles. The van der Waals surface area contributed by atoms with E-state index in [1.807, 2.05) is 0 Å². The standard InChI is InChI=1S/C14H14ClN3O3S/c1-3-21-13(20)11(8(2)19)22-14-16-12(17-18-14)9-4-6-10(15)7-5-9/h4-7,11H,3H2,1-2H3,(H,16,17,18)/t11-/m0/s1. The Kier molecular flexibility index (Phi) is 5.57. The summed E-state index contributed by atoms with van der Waals surface area (Å²) in [6.07, 6.45) is 0. The number of H-pyrrole nitrogens is 1. The maximum Gasteiger partial charge on any atom is 0.327 e. The number of ether oxygens (including phenoxy) is 1. The largest absolute Gasteiger partial charge is 0.465 e. The Morgan fingerprint density at radius 1 is 1.36 bits per heavy atom. The topological polar surface area (TPSA) is 84.9 Å². The SMILES string of the molecule is CCOC(=O)[C@@H](Sc1n[nH]c(-c2ccc(Cl)cc2)n1)C(C)=O. The number of hydrogen-bond donors (Lipinski definition) is 1. The van der Waals surface area contributed by atoms with E-state index in [9.17, 15) is 9.59 Å². The predicted octanol–water partition coefficient (Wildman–Crippen LogP) is 2.74. The number of aromatic amines is 1. The van der Waals surface area contributed by atoms with Gasteiger partial charge in [0.2, 0.25) is 5.16 Å². The Hall–Kier alpha value is -1.86. The number of halogens is 1. The summed E-state index contributed by atoms with van der Waals surface area (Å²) in [7, 11) is 0. The van der Waals surface area contributed by atoms with Crippen molar-refractivity contribution in [1.82, 2.24) is 15.2 Å². The number of rotatable bonds is 6. The van der Waals surface area contributed by atoms with Crippen molar-refractivity contribution in [1.29, 1.82) is 0 Å². The van der Waals surface area contributed by atoms with E-state index in [0.717, 1.165) is 17.3 Å². The molecule has 0 saturated heterocycles. The van der Waals surface area contributed by atoms with Crippen LogP contribution in [0, 0.1) is 0 Å². The third-order valence-corrected chi connectivity index (χ3v) is 4.08. The van der Waals surface area contributed by atoms with Gasteiger partial charge in [-0.2, -0.15) is 0 Å². The van der Waals surface area contributed by atoms with E-state index >= 15 is 0 Å². The van der Waals surface area contributed by atoms with E-state index in [4.69, 9.17) is 16.3 Å². The lowest BCUT2D eigenvalue weighted by Gasteiger charge is -2.09. The fraction of sp³-hybridized carbons (Fsp3) is 0.286. The second kappa shape index (κ2) is 7.42. The second-order valence-corrected chi connectivity index (χ2v) is 5.84. The van der Waals surface area contributed by atoms with Gasteiger partial charge in [-0.25, -0.2) is 4.98 Å². The molecule has 6 nitrogen and oxygen atoms in total. The number of nitrogens with zero attached hydrogens (tertiary/aromatic N) is 2. The number of esters is 1. The van der Waals surface area contributed by atoms with E-state index in [-0.39, 0.29) is 12.4 Å². The molecular formula is C14H14ClN3O3S. The summed E-state index contributed by atoms with van der Waals surface area (Å²) in [5, 5.41) is 6.74. The number of nitrogens with one attached hydrogen (secondary N) is 1. The van der Waals surface area contributed by atoms with Crippen LogP contribution in [0.25, 0.3) is 11.4 Å². The van der Waals surface area contributed by atoms with Crippen LogP contribution in [0.1, 0.15) is 13.8 Å². The number of Topliss-reactive ketones (excluding diaryl/α,β-unsaturated/α-hetero) is 1. The number of carbonyl (C=O) groups is 2. The Balaban J connectivity index is 2.15. The number of ketones is 1. The van der Waals surface area contributed by atoms with Gasteiger partial charge in [0, 0.05) is 10.6 Å². The first kappa shape index (κ1) is 16.5. The zero-order chi connectivity index (χ0) is 16.1. The Morgan fingerprint density at radius 3 is 2.64 bits per heavy atom. The van der Waals surface area contributed by atoms with E-state index in [2.05, 4.69) is 15.2 Å². The molecular weight excluding hydrogens is 326 g/mol. The average Bonchev–Trinajstić information content (AvgIpc) is 2.94. The van der Waals surface area contributed by atoms with Gasteiger partial charge in [0.1, 0.15) is 0 Å². The molecule has 0 unspecified atom stereocenters. The van der Waals surface area contributed by atoms with E-state index in [1.165, 1.54) is 6.92 Å². The first-order valence-electron chi connectivity index (χ1n) is 6.53. The smallest absolute Gasteiger partial charge is 0.327 e. The Morgan fingerprint density at radius 2 is 2.05 bits per heavy atom. The van der Waals surface area contributed by atoms with Crippen molar-refractivity contribution in [3.63, 3.8) is 0 Å². The lowest BCUT2D eigenvalue weighted by molar-refractivity contribution is -0.144. The van der Waals surface area contributed by atoms with E-state index in [1.54, 1.807) is 31.2 Å². The first-order valence-corrected chi connectivity index (χ1v) is 7.79. The van der Waals surface area contributed by atoms with Gasteiger partial charge in [0.15, 0.2) is 16.9 Å². The molecule has 0 bridgehead atoms. The molecule has 0 fully saturated rings. The van der Waals surface area contributed by atoms with Crippen LogP contribution in [0.2, 0.25) is 5.02 Å². The van der Waals surface area contributed by atoms with Crippen molar-refractivity contribution >= 4 is 35.1 Å². The van der Waals surface area contributed by atoms with E-state index < -0.39 is 11.2 Å². The molecule has 1 heterocycles. The third kappa shape index (κ3) is 4.08. The Labute approximate surface area is 136 Å². The van der Waals surface area contributed by atoms with Crippen LogP contribution in [0.5, 0.6) is 0 Å². The molecule has 1 N–H and O–H groups in total. The number of hydrogen-bond acceptors (Lipinski definition) is 6. The summed E-state index contributed by atoms with van der Waals surface area (Å²) >= 11 is 6.79. The molecule has 0 spiro atoms. The van der Waals surface area contributed by atoms with Gasteiger partial charge in [-0.15, -0.1) is 5.10 Å². The molecule has 0 aliphatic carbocycles. The van der Waals surface area contributed by atoms with Crippen molar-refractivity contribution in [3.05, 3.63) is 29.3 Å². The molecule has 0 aliphatic rings. The summed E-state index contributed by atoms with van der Waals surface area (Å²) in [6, 6.07) is 7.07. The van der Waals surface area contributed by atoms with Crippen LogP contribution in [-0.2, 0) is 14.3 Å². The fourth-order valence-corrected chi connectivity index (χ4v) is 2.57. The molecule has 116 valence electrons. The molecule has 2 rings (SSSR count). The maximum atomic E-state index is 11.8. The zero-order valence-electron chi connectivity index (χ0n) is 12.0. The molecule has 0 aliphatic heterocycles. The minimum absolute atomic E-state index is 0.215. The van der Waals surface area contributed by atoms with Crippen LogP contribution >= 0.6 is 23.4 Å². The van der Waals surface area contributed by atoms with Gasteiger partial charge in [0.25, 0.3) is 0 Å². The molecule has 8 heteroatoms. The normalized spacial score (nSPS) is 12.0. The lowest BCUT2D eigenvalue weighted by atomic mass is 10.2. The highest BCUT2D eigenvalue weighted by atomic mass is 35.5. The summed E-state index contributed by atoms with van der Waals surface area (Å²) in [6.45, 7) is 3.24. The first-order chi connectivity index (χ1) is 10.5. The van der Waals surface area contributed by atoms with Crippen molar-refractivity contribution in [2.75, 3.05) is 6.61 Å². The van der Waals surface area contributed by atoms with Crippen LogP contribution in [-0.4, -0.2) is 38.8 Å². The number of carbonyl (C=O) groups excluding carboxylic acids is 2. The summed E-state index contributed by atoms with van der Waals surface area (Å²) in [5.74, 6) is -0.357. The lowest BCUT2D eigenvalue weighted by Crippen LogP contribution is -2.27. The minimum Gasteiger partial charge on any atom is -0.465 e. The van der Waals surface area contributed by atoms with Crippen molar-refractivity contribution in [2.24, 2.45) is 0 Å². The average molecular weight is 340 g/mol. The third-order valence-electron chi connectivity index (χ3n) is 2.68. The summed E-state index contributed by atoms with van der Waals surface area (Å²) in [5.41, 5.74) is 0.805. The van der Waals surface area contributed by atoms with Gasteiger partial charge in [-0.05, 0) is 38.1 Å². The quantitative estimate of drug-likeness (QED) is 0.495. The molecule has 1 atom stereocenters. The summed E-state index contributed by atoms with van der Waals surface area (Å²) < 4.78 is 4.88. The Bertz CT molecular complexity index is 672. The van der Waals surface area contributed by atoms with Crippen LogP contribution in [0.3, 0.4) is 0 Å². The van der Waals surface area contributed by atoms with Crippen molar-refractivity contribution < 1.29 is 14.3 Å². The number of benzene rings is 1. The van der Waals surface area contributed by atoms with Gasteiger partial charge in [0.05, 0.1) is 6.61 Å². The highest BCUT2D eigenvalue weighted by Gasteiger charge is 2.27. The fourth-order valence-electron chi connectivity index (χ4n) is 1.66. The van der Waals surface area contributed by atoms with Crippen LogP contribution in [0.15, 0.2) is 29.4 Å². The van der Waals surface area contributed by atoms with Gasteiger partial charge in [-0.1, -0.05) is 23.4 Å². The monoisotopic (exact) mass is 339 g/mol. The molecule has 22 heavy (non-hydrogen) atoms. The highest BCUT2D eigenvalue weighted by molar-refractivity contribution is 8.01. The number of aromatic nitrogens is 3. The van der Waals surface area contributed by atoms with Crippen molar-refractivity contribution in [3.8, 4) is 11.4 Å². The zero-order valence-corrected chi connectivity index (χ0v) is 13.6. The van der Waals surface area contributed by atoms with Crippen molar-refractivity contribution in [2.45, 2.75) is 24.3 Å². The molecule has 0 saturated carbocycles. The highest BCUT2D eigenvalue weighted by Crippen LogP contribution is 2.24. The summed E-state index contributed by atoms with van der Waals surface area (Å²) in [4.78, 5) is 27.6. The second-order valence-electron chi connectivity index (χ2n) is 4.33. The van der Waals surface area contributed by atoms with Gasteiger partial charge >= 0.3 is 5.97 Å². The van der Waals surface area contributed by atoms with Gasteiger partial charge in [-0.3, -0.25) is 14.7 Å². The van der Waals surface area contributed by atoms with Crippen LogP contribution < -0.4 is 0 Å². The van der Waals surface area contributed by atoms with E-state index in [0.29, 0.717) is 16.0 Å². The molecule has 0 radical (unpaired) electrons. The van der Waals surface area contributed by atoms with Crippen LogP contribution in [0.4, 0.5) is 0 Å². The number of thioether (sulfide) groups is 1. The minimum atomic E-state index is -0.964. The molecule has 2 aromatic rings.